The van der Waals surface area contributed by atoms with Gasteiger partial charge in [0, 0.05) is 31.1 Å². The van der Waals surface area contributed by atoms with E-state index in [0.29, 0.717) is 25.2 Å². The quantitative estimate of drug-likeness (QED) is 0.723. The van der Waals surface area contributed by atoms with Gasteiger partial charge in [-0.1, -0.05) is 18.2 Å². The SMILES string of the molecule is CN(Cc1cc2ccccc2o1)C(=O)/C=C/c1cnc2c(c1)CCC(=O)N2. The first-order valence-electron chi connectivity index (χ1n) is 8.78. The highest BCUT2D eigenvalue weighted by atomic mass is 16.3. The lowest BCUT2D eigenvalue weighted by Gasteiger charge is -2.15. The minimum Gasteiger partial charge on any atom is -0.459 e. The van der Waals surface area contributed by atoms with Crippen LogP contribution in [0.5, 0.6) is 0 Å². The van der Waals surface area contributed by atoms with Crippen LogP contribution in [0, 0.1) is 0 Å². The molecule has 0 saturated heterocycles. The van der Waals surface area contributed by atoms with Crippen molar-refractivity contribution in [3.8, 4) is 0 Å². The second-order valence-corrected chi connectivity index (χ2v) is 6.60. The summed E-state index contributed by atoms with van der Waals surface area (Å²) in [6.07, 6.45) is 6.03. The summed E-state index contributed by atoms with van der Waals surface area (Å²) >= 11 is 0. The molecule has 6 heteroatoms. The van der Waals surface area contributed by atoms with Gasteiger partial charge >= 0.3 is 0 Å². The number of carbonyl (C=O) groups excluding carboxylic acids is 2. The first kappa shape index (κ1) is 17.0. The van der Waals surface area contributed by atoms with Gasteiger partial charge in [0.25, 0.3) is 0 Å². The zero-order chi connectivity index (χ0) is 18.8. The Kier molecular flexibility index (Phi) is 4.46. The minimum absolute atomic E-state index is 0.0133. The molecule has 136 valence electrons. The lowest BCUT2D eigenvalue weighted by molar-refractivity contribution is -0.125. The number of hydrogen-bond acceptors (Lipinski definition) is 4. The summed E-state index contributed by atoms with van der Waals surface area (Å²) in [6, 6.07) is 11.7. The van der Waals surface area contributed by atoms with Gasteiger partial charge in [0.1, 0.15) is 17.2 Å². The van der Waals surface area contributed by atoms with E-state index < -0.39 is 0 Å². The molecule has 3 aromatic rings. The molecule has 2 aromatic heterocycles. The number of nitrogens with zero attached hydrogens (tertiary/aromatic N) is 2. The minimum atomic E-state index is -0.124. The third-order valence-electron chi connectivity index (χ3n) is 4.53. The normalized spacial score (nSPS) is 13.6. The van der Waals surface area contributed by atoms with Crippen LogP contribution in [0.25, 0.3) is 17.0 Å². The van der Waals surface area contributed by atoms with E-state index in [1.54, 1.807) is 24.2 Å². The fourth-order valence-corrected chi connectivity index (χ4v) is 3.09. The van der Waals surface area contributed by atoms with Gasteiger partial charge in [0.05, 0.1) is 6.54 Å². The smallest absolute Gasteiger partial charge is 0.246 e. The van der Waals surface area contributed by atoms with Crippen LogP contribution in [0.4, 0.5) is 5.82 Å². The molecule has 0 saturated carbocycles. The molecule has 3 heterocycles. The molecule has 0 aliphatic carbocycles. The number of hydrogen-bond donors (Lipinski definition) is 1. The molecule has 0 radical (unpaired) electrons. The van der Waals surface area contributed by atoms with Gasteiger partial charge in [-0.3, -0.25) is 9.59 Å². The van der Waals surface area contributed by atoms with Crippen molar-refractivity contribution >= 4 is 34.7 Å². The number of furan rings is 1. The molecule has 1 N–H and O–H groups in total. The van der Waals surface area contributed by atoms with Crippen molar-refractivity contribution in [3.63, 3.8) is 0 Å². The summed E-state index contributed by atoms with van der Waals surface area (Å²) in [4.78, 5) is 29.6. The Morgan fingerprint density at radius 3 is 3.00 bits per heavy atom. The summed E-state index contributed by atoms with van der Waals surface area (Å²) in [5.74, 6) is 1.21. The van der Waals surface area contributed by atoms with Gasteiger partial charge in [-0.2, -0.15) is 0 Å². The number of benzene rings is 1. The zero-order valence-electron chi connectivity index (χ0n) is 14.9. The molecule has 0 spiro atoms. The van der Waals surface area contributed by atoms with Gasteiger partial charge < -0.3 is 14.6 Å². The van der Waals surface area contributed by atoms with Crippen LogP contribution in [-0.2, 0) is 22.6 Å². The number of para-hydroxylation sites is 1. The molecule has 4 rings (SSSR count). The topological polar surface area (TPSA) is 75.4 Å². The first-order chi connectivity index (χ1) is 13.1. The summed E-state index contributed by atoms with van der Waals surface area (Å²) < 4.78 is 5.76. The maximum absolute atomic E-state index is 12.4. The second-order valence-electron chi connectivity index (χ2n) is 6.60. The van der Waals surface area contributed by atoms with E-state index in [0.717, 1.165) is 27.9 Å². The van der Waals surface area contributed by atoms with E-state index in [1.807, 2.05) is 36.4 Å². The van der Waals surface area contributed by atoms with Crippen LogP contribution in [0.1, 0.15) is 23.3 Å². The van der Waals surface area contributed by atoms with Crippen LogP contribution < -0.4 is 5.32 Å². The van der Waals surface area contributed by atoms with Gasteiger partial charge in [-0.15, -0.1) is 0 Å². The van der Waals surface area contributed by atoms with Crippen LogP contribution in [-0.4, -0.2) is 28.7 Å². The van der Waals surface area contributed by atoms with E-state index in [1.165, 1.54) is 6.08 Å². The van der Waals surface area contributed by atoms with Crippen LogP contribution in [0.15, 0.2) is 53.1 Å². The molecule has 27 heavy (non-hydrogen) atoms. The number of anilines is 1. The van der Waals surface area contributed by atoms with Crippen LogP contribution in [0.2, 0.25) is 0 Å². The molecule has 1 aliphatic heterocycles. The van der Waals surface area contributed by atoms with Gasteiger partial charge in [-0.05, 0) is 41.8 Å². The lowest BCUT2D eigenvalue weighted by atomic mass is 10.0. The second kappa shape index (κ2) is 7.07. The zero-order valence-corrected chi connectivity index (χ0v) is 14.9. The van der Waals surface area contributed by atoms with Crippen molar-refractivity contribution in [1.29, 1.82) is 0 Å². The Hall–Kier alpha value is -3.41. The number of aromatic nitrogens is 1. The summed E-state index contributed by atoms with van der Waals surface area (Å²) in [5, 5.41) is 3.77. The molecule has 1 aliphatic rings. The Balaban J connectivity index is 1.42. The lowest BCUT2D eigenvalue weighted by Crippen LogP contribution is -2.23. The number of nitrogens with one attached hydrogen (secondary N) is 1. The molecule has 0 fully saturated rings. The van der Waals surface area contributed by atoms with E-state index in [4.69, 9.17) is 4.42 Å². The molecule has 0 bridgehead atoms. The summed E-state index contributed by atoms with van der Waals surface area (Å²) in [7, 11) is 1.74. The molecule has 0 atom stereocenters. The Morgan fingerprint density at radius 2 is 2.15 bits per heavy atom. The molecule has 1 aromatic carbocycles. The molecular formula is C21H19N3O3. The fraction of sp³-hybridized carbons (Fsp3) is 0.190. The predicted octanol–water partition coefficient (Wildman–Crippen LogP) is 3.38. The number of pyridine rings is 1. The van der Waals surface area contributed by atoms with E-state index in [-0.39, 0.29) is 11.8 Å². The average Bonchev–Trinajstić information content (AvgIpc) is 3.08. The number of aryl methyl sites for hydroxylation is 1. The van der Waals surface area contributed by atoms with E-state index >= 15 is 0 Å². The highest BCUT2D eigenvalue weighted by molar-refractivity contribution is 5.93. The number of rotatable bonds is 4. The van der Waals surface area contributed by atoms with Crippen molar-refractivity contribution in [2.24, 2.45) is 0 Å². The number of carbonyl (C=O) groups is 2. The summed E-state index contributed by atoms with van der Waals surface area (Å²) in [5.41, 5.74) is 2.63. The van der Waals surface area contributed by atoms with Crippen LogP contribution >= 0.6 is 0 Å². The monoisotopic (exact) mass is 361 g/mol. The average molecular weight is 361 g/mol. The van der Waals surface area contributed by atoms with Crippen molar-refractivity contribution in [3.05, 3.63) is 65.6 Å². The highest BCUT2D eigenvalue weighted by Gasteiger charge is 2.16. The molecule has 2 amide bonds. The standard InChI is InChI=1S/C21H19N3O3/c1-24(13-17-11-15-4-2-3-5-18(15)27-17)20(26)9-6-14-10-16-7-8-19(25)23-21(16)22-12-14/h2-6,9-12H,7-8,13H2,1H3,(H,22,23,25)/b9-6+. The Morgan fingerprint density at radius 1 is 1.30 bits per heavy atom. The first-order valence-corrected chi connectivity index (χ1v) is 8.78. The summed E-state index contributed by atoms with van der Waals surface area (Å²) in [6.45, 7) is 0.395. The van der Waals surface area contributed by atoms with Crippen molar-refractivity contribution < 1.29 is 14.0 Å². The van der Waals surface area contributed by atoms with Crippen LogP contribution in [0.3, 0.4) is 0 Å². The number of fused-ring (bicyclic) bond motifs is 2. The molecule has 6 nitrogen and oxygen atoms in total. The Labute approximate surface area is 156 Å². The number of amides is 2. The molecular weight excluding hydrogens is 342 g/mol. The maximum Gasteiger partial charge on any atom is 0.246 e. The van der Waals surface area contributed by atoms with Gasteiger partial charge in [0.2, 0.25) is 11.8 Å². The Bertz CT molecular complexity index is 1020. The number of likely N-dealkylation sites (N-methyl/N-ethyl adjacent to an activating group) is 1. The fourth-order valence-electron chi connectivity index (χ4n) is 3.09. The van der Waals surface area contributed by atoms with Gasteiger partial charge in [0.15, 0.2) is 0 Å². The molecule has 0 unspecified atom stereocenters. The van der Waals surface area contributed by atoms with Crippen molar-refractivity contribution in [2.75, 3.05) is 12.4 Å². The predicted molar refractivity (Wildman–Crippen MR) is 103 cm³/mol. The maximum atomic E-state index is 12.4. The largest absolute Gasteiger partial charge is 0.459 e. The highest BCUT2D eigenvalue weighted by Crippen LogP contribution is 2.22. The third kappa shape index (κ3) is 3.74. The van der Waals surface area contributed by atoms with E-state index in [9.17, 15) is 9.59 Å². The van der Waals surface area contributed by atoms with Crippen molar-refractivity contribution in [2.45, 2.75) is 19.4 Å². The van der Waals surface area contributed by atoms with Crippen molar-refractivity contribution in [1.82, 2.24) is 9.88 Å². The van der Waals surface area contributed by atoms with Gasteiger partial charge in [-0.25, -0.2) is 4.98 Å². The van der Waals surface area contributed by atoms with E-state index in [2.05, 4.69) is 10.3 Å². The third-order valence-corrected chi connectivity index (χ3v) is 4.53.